The minimum atomic E-state index is -4.64. The van der Waals surface area contributed by atoms with Gasteiger partial charge in [0.1, 0.15) is 5.82 Å². The van der Waals surface area contributed by atoms with Crippen molar-refractivity contribution in [3.05, 3.63) is 58.6 Å². The van der Waals surface area contributed by atoms with Crippen molar-refractivity contribution < 1.29 is 27.4 Å². The molecule has 2 aliphatic rings. The molecule has 1 aromatic carbocycles. The van der Waals surface area contributed by atoms with Crippen LogP contribution in [0.1, 0.15) is 27.8 Å². The monoisotopic (exact) mass is 579 g/mol. The van der Waals surface area contributed by atoms with E-state index in [0.717, 1.165) is 25.5 Å². The average Bonchev–Trinajstić information content (AvgIpc) is 2.97. The molecule has 40 heavy (non-hydrogen) atoms. The minimum absolute atomic E-state index is 0.104. The number of hydrogen-bond acceptors (Lipinski definition) is 9. The summed E-state index contributed by atoms with van der Waals surface area (Å²) in [5, 5.41) is 7.07. The molecule has 5 rings (SSSR count). The molecular formula is C26H29ClF3N7O3. The first-order chi connectivity index (χ1) is 19.3. The molecule has 1 amide bonds. The minimum Gasteiger partial charge on any atom is -0.379 e. The smallest absolute Gasteiger partial charge is 0.379 e. The summed E-state index contributed by atoms with van der Waals surface area (Å²) in [6.45, 7) is 5.82. The van der Waals surface area contributed by atoms with Crippen LogP contribution in [0.5, 0.6) is 0 Å². The largest absolute Gasteiger partial charge is 0.451 e. The molecule has 2 aromatic heterocycles. The lowest BCUT2D eigenvalue weighted by atomic mass is 10.1. The topological polar surface area (TPSA) is 105 Å². The van der Waals surface area contributed by atoms with E-state index in [1.807, 2.05) is 4.90 Å². The number of carbonyl (C=O) groups excluding carboxylic acids is 1. The highest BCUT2D eigenvalue weighted by Gasteiger charge is 2.35. The Bertz CT molecular complexity index is 1320. The third-order valence-corrected chi connectivity index (χ3v) is 7.20. The van der Waals surface area contributed by atoms with E-state index in [1.54, 1.807) is 24.3 Å². The zero-order valence-electron chi connectivity index (χ0n) is 21.6. The van der Waals surface area contributed by atoms with E-state index in [0.29, 0.717) is 68.5 Å². The van der Waals surface area contributed by atoms with Gasteiger partial charge in [-0.3, -0.25) is 14.6 Å². The number of morpholine rings is 2. The van der Waals surface area contributed by atoms with Gasteiger partial charge in [-0.2, -0.15) is 13.2 Å². The van der Waals surface area contributed by atoms with Crippen LogP contribution < -0.4 is 10.6 Å². The number of benzene rings is 1. The summed E-state index contributed by atoms with van der Waals surface area (Å²) in [5.41, 5.74) is 1.33. The van der Waals surface area contributed by atoms with E-state index in [1.165, 1.54) is 0 Å². The van der Waals surface area contributed by atoms with E-state index in [2.05, 4.69) is 30.5 Å². The van der Waals surface area contributed by atoms with Crippen LogP contribution in [0.15, 0.2) is 36.7 Å². The number of alkyl halides is 3. The molecule has 0 radical (unpaired) electrons. The summed E-state index contributed by atoms with van der Waals surface area (Å²) in [4.78, 5) is 29.3. The molecule has 14 heteroatoms. The molecule has 2 N–H and O–H groups in total. The second-order valence-corrected chi connectivity index (χ2v) is 9.87. The molecule has 2 fully saturated rings. The molecule has 10 nitrogen and oxygen atoms in total. The third-order valence-electron chi connectivity index (χ3n) is 6.89. The fourth-order valence-electron chi connectivity index (χ4n) is 4.74. The van der Waals surface area contributed by atoms with Gasteiger partial charge in [0.25, 0.3) is 5.91 Å². The van der Waals surface area contributed by atoms with Crippen molar-refractivity contribution >= 4 is 34.2 Å². The first-order valence-corrected chi connectivity index (χ1v) is 13.3. The van der Waals surface area contributed by atoms with Crippen molar-refractivity contribution in [2.45, 2.75) is 12.2 Å². The molecule has 2 saturated heterocycles. The standard InChI is InChI=1S/C26H29ClF3N7O3/c27-19-2-3-20-18(1-4-22(35-20)34-16-36-5-9-39-10-6-36)23(19)24(38)31-15-21(37-7-11-40-12-8-37)17-13-32-25(33-14-17)26(28,29)30/h1-4,13-14,21H,5-12,15-16H2,(H,31,38)(H,34,35). The molecule has 2 aliphatic heterocycles. The number of anilines is 1. The van der Waals surface area contributed by atoms with Gasteiger partial charge < -0.3 is 20.1 Å². The number of amides is 1. The number of ether oxygens (including phenoxy) is 2. The number of nitrogens with one attached hydrogen (secondary N) is 2. The zero-order valence-corrected chi connectivity index (χ0v) is 22.3. The van der Waals surface area contributed by atoms with Crippen LogP contribution >= 0.6 is 11.6 Å². The molecule has 0 saturated carbocycles. The van der Waals surface area contributed by atoms with Gasteiger partial charge in [-0.25, -0.2) is 15.0 Å². The van der Waals surface area contributed by atoms with Gasteiger partial charge in [-0.15, -0.1) is 0 Å². The van der Waals surface area contributed by atoms with Crippen LogP contribution in [0.4, 0.5) is 19.0 Å². The van der Waals surface area contributed by atoms with Crippen LogP contribution in [0.3, 0.4) is 0 Å². The van der Waals surface area contributed by atoms with Crippen molar-refractivity contribution in [1.29, 1.82) is 0 Å². The van der Waals surface area contributed by atoms with Gasteiger partial charge in [0, 0.05) is 56.1 Å². The highest BCUT2D eigenvalue weighted by atomic mass is 35.5. The molecule has 1 atom stereocenters. The van der Waals surface area contributed by atoms with Crippen LogP contribution in [0.25, 0.3) is 10.9 Å². The maximum absolute atomic E-state index is 13.4. The lowest BCUT2D eigenvalue weighted by Gasteiger charge is -2.34. The Morgan fingerprint density at radius 2 is 1.68 bits per heavy atom. The molecule has 0 aliphatic carbocycles. The molecule has 0 bridgehead atoms. The van der Waals surface area contributed by atoms with Crippen molar-refractivity contribution in [2.24, 2.45) is 0 Å². The Hall–Kier alpha value is -3.10. The van der Waals surface area contributed by atoms with Gasteiger partial charge in [0.2, 0.25) is 5.82 Å². The molecular weight excluding hydrogens is 551 g/mol. The Morgan fingerprint density at radius 1 is 1.00 bits per heavy atom. The van der Waals surface area contributed by atoms with Crippen LogP contribution in [-0.4, -0.2) is 96.5 Å². The highest BCUT2D eigenvalue weighted by molar-refractivity contribution is 6.35. The summed E-state index contributed by atoms with van der Waals surface area (Å²) in [7, 11) is 0. The summed E-state index contributed by atoms with van der Waals surface area (Å²) in [6.07, 6.45) is -2.33. The summed E-state index contributed by atoms with van der Waals surface area (Å²) < 4.78 is 49.8. The van der Waals surface area contributed by atoms with Crippen molar-refractivity contribution in [3.63, 3.8) is 0 Å². The van der Waals surface area contributed by atoms with Gasteiger partial charge in [0.15, 0.2) is 0 Å². The quantitative estimate of drug-likeness (QED) is 0.416. The van der Waals surface area contributed by atoms with Gasteiger partial charge in [-0.05, 0) is 24.3 Å². The number of carbonyl (C=O) groups is 1. The number of aromatic nitrogens is 3. The SMILES string of the molecule is O=C(NCC(c1cnc(C(F)(F)F)nc1)N1CCOCC1)c1c(Cl)ccc2nc(NCN3CCOCC3)ccc12. The number of pyridine rings is 1. The predicted octanol–water partition coefficient (Wildman–Crippen LogP) is 3.20. The second-order valence-electron chi connectivity index (χ2n) is 9.46. The first kappa shape index (κ1) is 28.4. The predicted molar refractivity (Wildman–Crippen MR) is 142 cm³/mol. The average molecular weight is 580 g/mol. The molecule has 214 valence electrons. The number of halogens is 4. The van der Waals surface area contributed by atoms with Crippen LogP contribution in [0.2, 0.25) is 5.02 Å². The number of rotatable bonds is 8. The molecule has 3 aromatic rings. The van der Waals surface area contributed by atoms with E-state index < -0.39 is 23.9 Å². The maximum atomic E-state index is 13.4. The molecule has 1 unspecified atom stereocenters. The maximum Gasteiger partial charge on any atom is 0.451 e. The number of hydrogen-bond donors (Lipinski definition) is 2. The van der Waals surface area contributed by atoms with Crippen LogP contribution in [-0.2, 0) is 15.7 Å². The zero-order chi connectivity index (χ0) is 28.1. The lowest BCUT2D eigenvalue weighted by Crippen LogP contribution is -2.44. The van der Waals surface area contributed by atoms with E-state index in [4.69, 9.17) is 21.1 Å². The molecule has 0 spiro atoms. The van der Waals surface area contributed by atoms with Crippen molar-refractivity contribution in [1.82, 2.24) is 30.1 Å². The number of nitrogens with zero attached hydrogens (tertiary/aromatic N) is 5. The fraction of sp³-hybridized carbons (Fsp3) is 0.462. The first-order valence-electron chi connectivity index (χ1n) is 12.9. The van der Waals surface area contributed by atoms with Crippen molar-refractivity contribution in [2.75, 3.05) is 71.1 Å². The Kier molecular flexibility index (Phi) is 8.96. The summed E-state index contributed by atoms with van der Waals surface area (Å²) in [5.74, 6) is -0.963. The Labute approximate surface area is 233 Å². The second kappa shape index (κ2) is 12.6. The highest BCUT2D eigenvalue weighted by Crippen LogP contribution is 2.29. The fourth-order valence-corrected chi connectivity index (χ4v) is 4.99. The lowest BCUT2D eigenvalue weighted by molar-refractivity contribution is -0.145. The Morgan fingerprint density at radius 3 is 2.35 bits per heavy atom. The van der Waals surface area contributed by atoms with Crippen molar-refractivity contribution in [3.8, 4) is 0 Å². The summed E-state index contributed by atoms with van der Waals surface area (Å²) >= 11 is 6.47. The normalized spacial score (nSPS) is 18.0. The number of fused-ring (bicyclic) bond motifs is 1. The summed E-state index contributed by atoms with van der Waals surface area (Å²) in [6, 6.07) is 6.52. The van der Waals surface area contributed by atoms with Gasteiger partial charge in [-0.1, -0.05) is 11.6 Å². The van der Waals surface area contributed by atoms with Crippen LogP contribution in [0, 0.1) is 0 Å². The third kappa shape index (κ3) is 6.78. The van der Waals surface area contributed by atoms with E-state index in [-0.39, 0.29) is 17.1 Å². The van der Waals surface area contributed by atoms with E-state index >= 15 is 0 Å². The van der Waals surface area contributed by atoms with E-state index in [9.17, 15) is 18.0 Å². The molecule has 4 heterocycles. The Balaban J connectivity index is 1.32. The van der Waals surface area contributed by atoms with Gasteiger partial charge in [0.05, 0.1) is 55.2 Å². The van der Waals surface area contributed by atoms with Gasteiger partial charge >= 0.3 is 6.18 Å².